The van der Waals surface area contributed by atoms with Crippen molar-refractivity contribution in [1.29, 1.82) is 0 Å². The molecule has 8 nitrogen and oxygen atoms in total. The molecule has 1 fully saturated rings. The molecule has 1 saturated heterocycles. The van der Waals surface area contributed by atoms with Crippen molar-refractivity contribution in [3.8, 4) is 5.75 Å². The maximum Gasteiger partial charge on any atom is 0.355 e. The number of aromatic hydroxyl groups is 1. The molecule has 0 saturated carbocycles. The van der Waals surface area contributed by atoms with Crippen LogP contribution in [-0.4, -0.2) is 39.9 Å². The summed E-state index contributed by atoms with van der Waals surface area (Å²) in [5.41, 5.74) is 0.664. The molecule has 0 unspecified atom stereocenters. The highest BCUT2D eigenvalue weighted by molar-refractivity contribution is 6.01. The van der Waals surface area contributed by atoms with Gasteiger partial charge in [0.2, 0.25) is 5.91 Å². The summed E-state index contributed by atoms with van der Waals surface area (Å²) < 4.78 is 0. The van der Waals surface area contributed by atoms with Crippen molar-refractivity contribution in [3.63, 3.8) is 0 Å². The van der Waals surface area contributed by atoms with Crippen LogP contribution in [0, 0.1) is 0 Å². The molecular formula is C15H16N2O6. The molecule has 1 aromatic rings. The first-order valence-electron chi connectivity index (χ1n) is 6.99. The van der Waals surface area contributed by atoms with E-state index in [-0.39, 0.29) is 25.0 Å². The average molecular weight is 320 g/mol. The molecule has 1 heterocycles. The second-order valence-corrected chi connectivity index (χ2v) is 5.12. The van der Waals surface area contributed by atoms with Gasteiger partial charge in [-0.05, 0) is 17.7 Å². The molecule has 1 aromatic carbocycles. The molecule has 1 aliphatic heterocycles. The zero-order valence-corrected chi connectivity index (χ0v) is 12.4. The maximum atomic E-state index is 12.2. The van der Waals surface area contributed by atoms with Crippen molar-refractivity contribution >= 4 is 23.7 Å². The number of carbonyl (C=O) groups is 4. The zero-order chi connectivity index (χ0) is 17.0. The molecule has 23 heavy (non-hydrogen) atoms. The minimum atomic E-state index is -1.06. The summed E-state index contributed by atoms with van der Waals surface area (Å²) in [4.78, 5) is 51.2. The Labute approximate surface area is 132 Å². The number of benzene rings is 1. The van der Waals surface area contributed by atoms with Gasteiger partial charge in [0.1, 0.15) is 11.8 Å². The summed E-state index contributed by atoms with van der Waals surface area (Å²) in [7, 11) is 0. The summed E-state index contributed by atoms with van der Waals surface area (Å²) in [6.45, 7) is 1.24. The van der Waals surface area contributed by atoms with Crippen molar-refractivity contribution in [2.45, 2.75) is 32.2 Å². The van der Waals surface area contributed by atoms with Gasteiger partial charge in [0, 0.05) is 26.2 Å². The first-order chi connectivity index (χ1) is 10.9. The SMILES string of the molecule is CC(=O)N[C@@H](Cc1ccc(O)cc1)C(=O)ON1C(=O)CCC1=O. The van der Waals surface area contributed by atoms with Crippen LogP contribution in [0.2, 0.25) is 0 Å². The molecule has 0 spiro atoms. The van der Waals surface area contributed by atoms with Crippen molar-refractivity contribution in [1.82, 2.24) is 10.4 Å². The molecule has 3 amide bonds. The van der Waals surface area contributed by atoms with E-state index in [1.165, 1.54) is 19.1 Å². The topological polar surface area (TPSA) is 113 Å². The molecule has 2 N–H and O–H groups in total. The summed E-state index contributed by atoms with van der Waals surface area (Å²) >= 11 is 0. The fourth-order valence-corrected chi connectivity index (χ4v) is 2.12. The van der Waals surface area contributed by atoms with Gasteiger partial charge < -0.3 is 15.3 Å². The van der Waals surface area contributed by atoms with Gasteiger partial charge in [-0.25, -0.2) is 4.79 Å². The maximum absolute atomic E-state index is 12.2. The number of rotatable bonds is 5. The van der Waals surface area contributed by atoms with E-state index in [1.807, 2.05) is 0 Å². The fourth-order valence-electron chi connectivity index (χ4n) is 2.12. The minimum absolute atomic E-state index is 0.00508. The predicted octanol–water partition coefficient (Wildman–Crippen LogP) is 0.0466. The predicted molar refractivity (Wildman–Crippen MR) is 76.6 cm³/mol. The van der Waals surface area contributed by atoms with Crippen LogP contribution in [-0.2, 0) is 30.4 Å². The average Bonchev–Trinajstić information content (AvgIpc) is 2.80. The number of phenols is 1. The van der Waals surface area contributed by atoms with Crippen LogP contribution in [0.15, 0.2) is 24.3 Å². The lowest BCUT2D eigenvalue weighted by Crippen LogP contribution is -2.45. The molecule has 0 aliphatic carbocycles. The third-order valence-corrected chi connectivity index (χ3v) is 3.23. The summed E-state index contributed by atoms with van der Waals surface area (Å²) in [5, 5.41) is 12.1. The van der Waals surface area contributed by atoms with E-state index >= 15 is 0 Å². The number of phenolic OH excluding ortho intramolecular Hbond substituents is 1. The molecular weight excluding hydrogens is 304 g/mol. The van der Waals surface area contributed by atoms with Crippen LogP contribution in [0.3, 0.4) is 0 Å². The van der Waals surface area contributed by atoms with Crippen molar-refractivity contribution in [2.24, 2.45) is 0 Å². The Balaban J connectivity index is 2.08. The highest BCUT2D eigenvalue weighted by atomic mass is 16.7. The van der Waals surface area contributed by atoms with Gasteiger partial charge in [-0.1, -0.05) is 12.1 Å². The van der Waals surface area contributed by atoms with E-state index in [2.05, 4.69) is 5.32 Å². The number of hydroxylamine groups is 2. The van der Waals surface area contributed by atoms with Crippen LogP contribution in [0.4, 0.5) is 0 Å². The Morgan fingerprint density at radius 2 is 1.78 bits per heavy atom. The molecule has 1 aliphatic rings. The number of amides is 3. The Morgan fingerprint density at radius 3 is 2.30 bits per heavy atom. The molecule has 122 valence electrons. The molecule has 2 rings (SSSR count). The van der Waals surface area contributed by atoms with E-state index in [1.54, 1.807) is 12.1 Å². The van der Waals surface area contributed by atoms with E-state index in [9.17, 15) is 24.3 Å². The van der Waals surface area contributed by atoms with Gasteiger partial charge in [0.05, 0.1) is 0 Å². The second kappa shape index (κ2) is 6.91. The Bertz CT molecular complexity index is 624. The van der Waals surface area contributed by atoms with Gasteiger partial charge in [0.25, 0.3) is 11.8 Å². The number of nitrogens with zero attached hydrogens (tertiary/aromatic N) is 1. The van der Waals surface area contributed by atoms with Crippen molar-refractivity contribution in [3.05, 3.63) is 29.8 Å². The largest absolute Gasteiger partial charge is 0.508 e. The van der Waals surface area contributed by atoms with E-state index in [0.717, 1.165) is 0 Å². The van der Waals surface area contributed by atoms with Crippen LogP contribution >= 0.6 is 0 Å². The summed E-state index contributed by atoms with van der Waals surface area (Å²) in [5.74, 6) is -2.47. The van der Waals surface area contributed by atoms with Gasteiger partial charge in [-0.2, -0.15) is 0 Å². The normalized spacial score (nSPS) is 15.4. The number of carbonyl (C=O) groups excluding carboxylic acids is 4. The lowest BCUT2D eigenvalue weighted by atomic mass is 10.1. The highest BCUT2D eigenvalue weighted by Gasteiger charge is 2.35. The van der Waals surface area contributed by atoms with Gasteiger partial charge >= 0.3 is 5.97 Å². The molecule has 0 bridgehead atoms. The lowest BCUT2D eigenvalue weighted by Gasteiger charge is -2.19. The third kappa shape index (κ3) is 4.29. The molecule has 8 heteroatoms. The quantitative estimate of drug-likeness (QED) is 0.741. The first kappa shape index (κ1) is 16.5. The third-order valence-electron chi connectivity index (χ3n) is 3.23. The van der Waals surface area contributed by atoms with Crippen molar-refractivity contribution in [2.75, 3.05) is 0 Å². The van der Waals surface area contributed by atoms with Gasteiger partial charge in [-0.15, -0.1) is 5.06 Å². The van der Waals surface area contributed by atoms with E-state index in [4.69, 9.17) is 4.84 Å². The van der Waals surface area contributed by atoms with E-state index in [0.29, 0.717) is 10.6 Å². The number of imide groups is 1. The lowest BCUT2D eigenvalue weighted by molar-refractivity contribution is -0.199. The van der Waals surface area contributed by atoms with Gasteiger partial charge in [0.15, 0.2) is 0 Å². The smallest absolute Gasteiger partial charge is 0.355 e. The number of hydrogen-bond acceptors (Lipinski definition) is 6. The minimum Gasteiger partial charge on any atom is -0.508 e. The van der Waals surface area contributed by atoms with Crippen LogP contribution in [0.1, 0.15) is 25.3 Å². The number of hydrogen-bond donors (Lipinski definition) is 2. The molecule has 0 radical (unpaired) electrons. The second-order valence-electron chi connectivity index (χ2n) is 5.12. The standard InChI is InChI=1S/C15H16N2O6/c1-9(18)16-12(8-10-2-4-11(19)5-3-10)15(22)23-17-13(20)6-7-14(17)21/h2-5,12,19H,6-8H2,1H3,(H,16,18)/t12-/m0/s1. The summed E-state index contributed by atoms with van der Waals surface area (Å²) in [6, 6.07) is 5.00. The zero-order valence-electron chi connectivity index (χ0n) is 12.4. The van der Waals surface area contributed by atoms with Crippen LogP contribution in [0.5, 0.6) is 5.75 Å². The number of nitrogens with one attached hydrogen (secondary N) is 1. The highest BCUT2D eigenvalue weighted by Crippen LogP contribution is 2.15. The Kier molecular flexibility index (Phi) is 4.95. The first-order valence-corrected chi connectivity index (χ1v) is 6.99. The van der Waals surface area contributed by atoms with Crippen molar-refractivity contribution < 1.29 is 29.1 Å². The fraction of sp³-hybridized carbons (Fsp3) is 0.333. The van der Waals surface area contributed by atoms with E-state index < -0.39 is 29.7 Å². The van der Waals surface area contributed by atoms with Gasteiger partial charge in [-0.3, -0.25) is 14.4 Å². The molecule has 0 aromatic heterocycles. The molecule has 1 atom stereocenters. The Hall–Kier alpha value is -2.90. The van der Waals surface area contributed by atoms with Crippen LogP contribution in [0.25, 0.3) is 0 Å². The monoisotopic (exact) mass is 320 g/mol. The summed E-state index contributed by atoms with van der Waals surface area (Å²) in [6.07, 6.45) is 0.0820. The Morgan fingerprint density at radius 1 is 1.22 bits per heavy atom. The van der Waals surface area contributed by atoms with Crippen LogP contribution < -0.4 is 5.32 Å².